The smallest absolute Gasteiger partial charge is 0.262 e. The molecular formula is C18H15N3O3S. The van der Waals surface area contributed by atoms with Gasteiger partial charge >= 0.3 is 0 Å². The van der Waals surface area contributed by atoms with Gasteiger partial charge in [0.15, 0.2) is 0 Å². The van der Waals surface area contributed by atoms with E-state index >= 15 is 0 Å². The van der Waals surface area contributed by atoms with Crippen molar-refractivity contribution < 1.29 is 13.2 Å². The lowest BCUT2D eigenvalue weighted by molar-refractivity contribution is 0.0829. The highest BCUT2D eigenvalue weighted by Gasteiger charge is 2.30. The minimum absolute atomic E-state index is 0.160. The van der Waals surface area contributed by atoms with E-state index in [1.165, 1.54) is 4.90 Å². The van der Waals surface area contributed by atoms with E-state index in [0.29, 0.717) is 33.3 Å². The maximum atomic E-state index is 12.6. The highest BCUT2D eigenvalue weighted by atomic mass is 32.2. The molecule has 0 unspecified atom stereocenters. The topological polar surface area (TPSA) is 79.4 Å². The zero-order chi connectivity index (χ0) is 17.8. The first kappa shape index (κ1) is 15.6. The second kappa shape index (κ2) is 5.29. The van der Waals surface area contributed by atoms with Gasteiger partial charge in [-0.1, -0.05) is 24.3 Å². The molecule has 2 heterocycles. The van der Waals surface area contributed by atoms with Crippen LogP contribution in [0.3, 0.4) is 0 Å². The van der Waals surface area contributed by atoms with Gasteiger partial charge in [-0.2, -0.15) is 0 Å². The Labute approximate surface area is 145 Å². The van der Waals surface area contributed by atoms with E-state index in [2.05, 4.69) is 9.71 Å². The Morgan fingerprint density at radius 2 is 1.84 bits per heavy atom. The number of rotatable bonds is 1. The number of hydrogen-bond donors (Lipinski definition) is 1. The fourth-order valence-corrected chi connectivity index (χ4v) is 4.40. The predicted octanol–water partition coefficient (Wildman–Crippen LogP) is 2.72. The molecule has 4 rings (SSSR count). The SMILES string of the molecule is CN(C)C(=O)c1cc2c(c3ncccc13)NS(=O)(=O)c1ccccc1-2. The number of hydrogen-bond acceptors (Lipinski definition) is 4. The quantitative estimate of drug-likeness (QED) is 0.729. The van der Waals surface area contributed by atoms with Crippen molar-refractivity contribution in [2.24, 2.45) is 0 Å². The van der Waals surface area contributed by atoms with E-state index in [1.54, 1.807) is 62.8 Å². The van der Waals surface area contributed by atoms with Crippen LogP contribution in [0.4, 0.5) is 5.69 Å². The first-order chi connectivity index (χ1) is 11.9. The lowest BCUT2D eigenvalue weighted by Gasteiger charge is -2.24. The number of benzene rings is 2. The Morgan fingerprint density at radius 1 is 1.08 bits per heavy atom. The first-order valence-electron chi connectivity index (χ1n) is 7.66. The average molecular weight is 353 g/mol. The number of pyridine rings is 1. The Kier molecular flexibility index (Phi) is 3.30. The van der Waals surface area contributed by atoms with Crippen molar-refractivity contribution in [1.82, 2.24) is 9.88 Å². The molecule has 0 bridgehead atoms. The monoisotopic (exact) mass is 353 g/mol. The maximum absolute atomic E-state index is 12.6. The van der Waals surface area contributed by atoms with Crippen molar-refractivity contribution in [3.05, 3.63) is 54.2 Å². The third-order valence-electron chi connectivity index (χ3n) is 4.23. The van der Waals surface area contributed by atoms with Crippen molar-refractivity contribution >= 4 is 32.5 Å². The Bertz CT molecular complexity index is 1140. The van der Waals surface area contributed by atoms with Crippen molar-refractivity contribution in [2.75, 3.05) is 18.8 Å². The number of sulfonamides is 1. The van der Waals surface area contributed by atoms with Gasteiger partial charge in [0.1, 0.15) is 0 Å². The fraction of sp³-hybridized carbons (Fsp3) is 0.111. The van der Waals surface area contributed by atoms with Crippen LogP contribution in [0.25, 0.3) is 22.0 Å². The highest BCUT2D eigenvalue weighted by Crippen LogP contribution is 2.43. The fourth-order valence-electron chi connectivity index (χ4n) is 3.09. The molecule has 0 saturated carbocycles. The molecule has 1 aromatic heterocycles. The molecule has 25 heavy (non-hydrogen) atoms. The molecule has 0 aliphatic carbocycles. The number of fused-ring (bicyclic) bond motifs is 5. The van der Waals surface area contributed by atoms with Gasteiger partial charge in [0.25, 0.3) is 15.9 Å². The Balaban J connectivity index is 2.15. The molecule has 0 radical (unpaired) electrons. The highest BCUT2D eigenvalue weighted by molar-refractivity contribution is 7.93. The average Bonchev–Trinajstić information content (AvgIpc) is 2.60. The van der Waals surface area contributed by atoms with Crippen LogP contribution >= 0.6 is 0 Å². The van der Waals surface area contributed by atoms with Crippen molar-refractivity contribution in [3.63, 3.8) is 0 Å². The number of nitrogens with one attached hydrogen (secondary N) is 1. The minimum Gasteiger partial charge on any atom is -0.345 e. The molecule has 0 saturated heterocycles. The van der Waals surface area contributed by atoms with Crippen molar-refractivity contribution in [3.8, 4) is 11.1 Å². The van der Waals surface area contributed by atoms with Gasteiger partial charge in [-0.05, 0) is 18.2 Å². The molecule has 0 fully saturated rings. The zero-order valence-electron chi connectivity index (χ0n) is 13.6. The summed E-state index contributed by atoms with van der Waals surface area (Å²) < 4.78 is 27.8. The Hall–Kier alpha value is -2.93. The number of carbonyl (C=O) groups is 1. The summed E-state index contributed by atoms with van der Waals surface area (Å²) in [6.07, 6.45) is 1.58. The largest absolute Gasteiger partial charge is 0.345 e. The van der Waals surface area contributed by atoms with Crippen LogP contribution in [0.15, 0.2) is 53.6 Å². The molecule has 3 aromatic rings. The van der Waals surface area contributed by atoms with Crippen LogP contribution in [0.5, 0.6) is 0 Å². The van der Waals surface area contributed by atoms with Gasteiger partial charge in [0.05, 0.1) is 16.1 Å². The van der Waals surface area contributed by atoms with Crippen LogP contribution in [-0.2, 0) is 10.0 Å². The van der Waals surface area contributed by atoms with Gasteiger partial charge in [0.2, 0.25) is 0 Å². The van der Waals surface area contributed by atoms with Gasteiger partial charge < -0.3 is 4.90 Å². The van der Waals surface area contributed by atoms with Gasteiger partial charge in [0, 0.05) is 42.4 Å². The summed E-state index contributed by atoms with van der Waals surface area (Å²) in [5, 5.41) is 0.613. The molecule has 1 N–H and O–H groups in total. The van der Waals surface area contributed by atoms with E-state index in [9.17, 15) is 13.2 Å². The second-order valence-electron chi connectivity index (χ2n) is 6.05. The van der Waals surface area contributed by atoms with Crippen LogP contribution in [-0.4, -0.2) is 38.3 Å². The minimum atomic E-state index is -3.68. The number of anilines is 1. The molecule has 1 amide bonds. The van der Waals surface area contributed by atoms with Crippen LogP contribution in [0, 0.1) is 0 Å². The maximum Gasteiger partial charge on any atom is 0.262 e. The molecular weight excluding hydrogens is 338 g/mol. The number of carbonyl (C=O) groups excluding carboxylic acids is 1. The van der Waals surface area contributed by atoms with E-state index in [0.717, 1.165) is 0 Å². The molecule has 2 aromatic carbocycles. The molecule has 0 spiro atoms. The summed E-state index contributed by atoms with van der Waals surface area (Å²) in [6.45, 7) is 0. The van der Waals surface area contributed by atoms with Crippen LogP contribution in [0.1, 0.15) is 10.4 Å². The zero-order valence-corrected chi connectivity index (χ0v) is 14.5. The summed E-state index contributed by atoms with van der Waals surface area (Å²) in [6, 6.07) is 12.0. The summed E-state index contributed by atoms with van der Waals surface area (Å²) in [5.74, 6) is -0.160. The normalized spacial score (nSPS) is 14.3. The Morgan fingerprint density at radius 3 is 2.60 bits per heavy atom. The first-order valence-corrected chi connectivity index (χ1v) is 9.14. The second-order valence-corrected chi connectivity index (χ2v) is 7.70. The van der Waals surface area contributed by atoms with E-state index in [4.69, 9.17) is 0 Å². The summed E-state index contributed by atoms with van der Waals surface area (Å²) in [4.78, 5) is 18.7. The molecule has 126 valence electrons. The molecule has 1 aliphatic heterocycles. The number of nitrogens with zero attached hydrogens (tertiary/aromatic N) is 2. The summed E-state index contributed by atoms with van der Waals surface area (Å²) in [7, 11) is -0.319. The van der Waals surface area contributed by atoms with Crippen molar-refractivity contribution in [2.45, 2.75) is 4.90 Å². The van der Waals surface area contributed by atoms with Crippen LogP contribution < -0.4 is 4.72 Å². The predicted molar refractivity (Wildman–Crippen MR) is 96.0 cm³/mol. The number of amides is 1. The molecule has 7 heteroatoms. The lowest BCUT2D eigenvalue weighted by Crippen LogP contribution is -2.24. The van der Waals surface area contributed by atoms with Gasteiger partial charge in [-0.15, -0.1) is 0 Å². The molecule has 1 aliphatic rings. The van der Waals surface area contributed by atoms with Gasteiger partial charge in [-0.3, -0.25) is 14.5 Å². The van der Waals surface area contributed by atoms with E-state index < -0.39 is 10.0 Å². The van der Waals surface area contributed by atoms with Crippen LogP contribution in [0.2, 0.25) is 0 Å². The summed E-state index contributed by atoms with van der Waals surface area (Å²) in [5.41, 5.74) is 2.58. The summed E-state index contributed by atoms with van der Waals surface area (Å²) >= 11 is 0. The molecule has 6 nitrogen and oxygen atoms in total. The van der Waals surface area contributed by atoms with E-state index in [-0.39, 0.29) is 10.8 Å². The number of aromatic nitrogens is 1. The third-order valence-corrected chi connectivity index (χ3v) is 5.64. The van der Waals surface area contributed by atoms with Crippen molar-refractivity contribution in [1.29, 1.82) is 0 Å². The molecule has 0 atom stereocenters. The lowest BCUT2D eigenvalue weighted by atomic mass is 9.96. The standard InChI is InChI=1S/C18H15N3O3S/c1-21(2)18(22)14-10-13-11-6-3-4-8-15(11)25(23,24)20-17(13)16-12(14)7-5-9-19-16/h3-10,20H,1-2H3. The third kappa shape index (κ3) is 2.27. The van der Waals surface area contributed by atoms with E-state index in [1.807, 2.05) is 0 Å². The van der Waals surface area contributed by atoms with Gasteiger partial charge in [-0.25, -0.2) is 8.42 Å².